The number of hydrogen-bond acceptors (Lipinski definition) is 5. The molecule has 2 aromatic rings. The zero-order chi connectivity index (χ0) is 28.6. The fourth-order valence-electron chi connectivity index (χ4n) is 5.35. The number of likely N-dealkylation sites (tertiary alicyclic amines) is 1. The number of anilines is 1. The number of phenols is 1. The Labute approximate surface area is 249 Å². The van der Waals surface area contributed by atoms with Crippen molar-refractivity contribution >= 4 is 35.9 Å². The van der Waals surface area contributed by atoms with Gasteiger partial charge in [-0.2, -0.15) is 0 Å². The van der Waals surface area contributed by atoms with Crippen LogP contribution in [0.2, 0.25) is 0 Å². The second-order valence-electron chi connectivity index (χ2n) is 11.5. The quantitative estimate of drug-likeness (QED) is 0.291. The molecular formula is C31H46ClN3O6. The molecular weight excluding hydrogens is 546 g/mol. The summed E-state index contributed by atoms with van der Waals surface area (Å²) >= 11 is 0. The van der Waals surface area contributed by atoms with E-state index in [0.29, 0.717) is 18.1 Å². The molecule has 2 amide bonds. The van der Waals surface area contributed by atoms with Gasteiger partial charge in [0.25, 0.3) is 0 Å². The summed E-state index contributed by atoms with van der Waals surface area (Å²) in [5.41, 5.74) is 2.95. The van der Waals surface area contributed by atoms with Crippen LogP contribution in [-0.4, -0.2) is 64.0 Å². The van der Waals surface area contributed by atoms with E-state index in [9.17, 15) is 24.6 Å². The molecule has 228 valence electrons. The summed E-state index contributed by atoms with van der Waals surface area (Å²) in [6.45, 7) is 11.1. The molecule has 1 aliphatic heterocycles. The molecule has 2 aromatic carbocycles. The number of para-hydroxylation sites is 1. The maximum Gasteiger partial charge on any atom is 0.326 e. The number of hydrogen-bond donors (Lipinski definition) is 4. The second kappa shape index (κ2) is 16.3. The maximum atomic E-state index is 12.6. The van der Waals surface area contributed by atoms with Crippen LogP contribution in [0.25, 0.3) is 0 Å². The Balaban J connectivity index is 0.00000420. The highest BCUT2D eigenvalue weighted by Gasteiger charge is 2.38. The number of carbonyl (C=O) groups excluding carboxylic acids is 2. The van der Waals surface area contributed by atoms with Gasteiger partial charge in [-0.1, -0.05) is 58.0 Å². The third-order valence-corrected chi connectivity index (χ3v) is 7.98. The van der Waals surface area contributed by atoms with Crippen LogP contribution in [0.15, 0.2) is 48.5 Å². The Hall–Kier alpha value is -3.14. The molecule has 3 atom stereocenters. The van der Waals surface area contributed by atoms with Gasteiger partial charge in [0.05, 0.1) is 0 Å². The zero-order valence-electron chi connectivity index (χ0n) is 24.5. The highest BCUT2D eigenvalue weighted by Crippen LogP contribution is 2.40. The SMILES string of the molecule is CC(C)CC(NC(=O)CCC(=O)Nc1ccccc1CCN1CCC(C)(c2cccc(O)c2)C(C)C1)C(=O)O.Cl.O. The lowest BCUT2D eigenvalue weighted by molar-refractivity contribution is -0.142. The monoisotopic (exact) mass is 591 g/mol. The molecule has 6 N–H and O–H groups in total. The number of nitrogens with one attached hydrogen (secondary N) is 2. The molecule has 0 radical (unpaired) electrons. The first kappa shape index (κ1) is 35.9. The predicted octanol–water partition coefficient (Wildman–Crippen LogP) is 4.17. The van der Waals surface area contributed by atoms with Gasteiger partial charge in [-0.25, -0.2) is 4.79 Å². The van der Waals surface area contributed by atoms with Gasteiger partial charge in [-0.05, 0) is 72.4 Å². The number of rotatable bonds is 12. The minimum Gasteiger partial charge on any atom is -0.508 e. The number of carbonyl (C=O) groups is 3. The van der Waals surface area contributed by atoms with Gasteiger partial charge in [0.1, 0.15) is 11.8 Å². The van der Waals surface area contributed by atoms with Gasteiger partial charge in [-0.15, -0.1) is 12.4 Å². The molecule has 0 aliphatic carbocycles. The Morgan fingerprint density at radius 3 is 2.39 bits per heavy atom. The molecule has 0 bridgehead atoms. The van der Waals surface area contributed by atoms with Crippen molar-refractivity contribution in [2.24, 2.45) is 11.8 Å². The molecule has 0 spiro atoms. The smallest absolute Gasteiger partial charge is 0.326 e. The van der Waals surface area contributed by atoms with Gasteiger partial charge in [0, 0.05) is 31.6 Å². The van der Waals surface area contributed by atoms with Crippen molar-refractivity contribution in [3.63, 3.8) is 0 Å². The number of phenolic OH excluding ortho intramolecular Hbond substituents is 1. The van der Waals surface area contributed by atoms with Crippen LogP contribution < -0.4 is 10.6 Å². The summed E-state index contributed by atoms with van der Waals surface area (Å²) in [4.78, 5) is 38.7. The van der Waals surface area contributed by atoms with Gasteiger partial charge in [0.2, 0.25) is 11.8 Å². The average Bonchev–Trinajstić information content (AvgIpc) is 2.88. The molecule has 3 rings (SSSR count). The number of carboxylic acid groups (broad SMARTS) is 1. The highest BCUT2D eigenvalue weighted by molar-refractivity contribution is 5.94. The van der Waals surface area contributed by atoms with Crippen molar-refractivity contribution in [2.45, 2.75) is 71.3 Å². The summed E-state index contributed by atoms with van der Waals surface area (Å²) in [6.07, 6.45) is 2.02. The number of benzene rings is 2. The third kappa shape index (κ3) is 10.3. The van der Waals surface area contributed by atoms with Gasteiger partial charge >= 0.3 is 5.97 Å². The van der Waals surface area contributed by atoms with E-state index in [4.69, 9.17) is 0 Å². The van der Waals surface area contributed by atoms with Crippen molar-refractivity contribution in [1.82, 2.24) is 10.2 Å². The fourth-order valence-corrected chi connectivity index (χ4v) is 5.35. The van der Waals surface area contributed by atoms with Gasteiger partial charge in [-0.3, -0.25) is 9.59 Å². The van der Waals surface area contributed by atoms with Gasteiger partial charge in [0.15, 0.2) is 0 Å². The number of halogens is 1. The number of aliphatic carboxylic acids is 1. The normalized spacial score (nSPS) is 19.4. The number of aromatic hydroxyl groups is 1. The lowest BCUT2D eigenvalue weighted by atomic mass is 9.68. The van der Waals surface area contributed by atoms with Crippen molar-refractivity contribution < 1.29 is 30.1 Å². The number of nitrogens with zero attached hydrogens (tertiary/aromatic N) is 1. The molecule has 10 heteroatoms. The summed E-state index contributed by atoms with van der Waals surface area (Å²) in [7, 11) is 0. The number of carboxylic acids is 1. The predicted molar refractivity (Wildman–Crippen MR) is 164 cm³/mol. The largest absolute Gasteiger partial charge is 0.508 e. The third-order valence-electron chi connectivity index (χ3n) is 7.98. The Bertz CT molecular complexity index is 1160. The van der Waals surface area contributed by atoms with Crippen molar-refractivity contribution in [3.8, 4) is 5.75 Å². The number of piperidine rings is 1. The first-order valence-corrected chi connectivity index (χ1v) is 13.9. The molecule has 1 fully saturated rings. The molecule has 0 aromatic heterocycles. The Morgan fingerprint density at radius 1 is 1.07 bits per heavy atom. The topological polar surface area (TPSA) is 150 Å². The molecule has 1 heterocycles. The first-order chi connectivity index (χ1) is 18.5. The zero-order valence-corrected chi connectivity index (χ0v) is 25.3. The number of amides is 2. The van der Waals surface area contributed by atoms with Crippen LogP contribution in [0.4, 0.5) is 5.69 Å². The van der Waals surface area contributed by atoms with E-state index in [1.807, 2.05) is 50.2 Å². The molecule has 3 unspecified atom stereocenters. The summed E-state index contributed by atoms with van der Waals surface area (Å²) in [5.74, 6) is -0.941. The molecule has 1 aliphatic rings. The van der Waals surface area contributed by atoms with E-state index >= 15 is 0 Å². The fraction of sp³-hybridized carbons (Fsp3) is 0.516. The minimum absolute atomic E-state index is 0. The van der Waals surface area contributed by atoms with Crippen LogP contribution in [-0.2, 0) is 26.2 Å². The molecule has 9 nitrogen and oxygen atoms in total. The van der Waals surface area contributed by atoms with Crippen LogP contribution in [0.1, 0.15) is 64.5 Å². The van der Waals surface area contributed by atoms with Crippen LogP contribution in [0.5, 0.6) is 5.75 Å². The average molecular weight is 592 g/mol. The molecule has 41 heavy (non-hydrogen) atoms. The second-order valence-corrected chi connectivity index (χ2v) is 11.5. The van der Waals surface area contributed by atoms with Crippen molar-refractivity contribution in [1.29, 1.82) is 0 Å². The first-order valence-electron chi connectivity index (χ1n) is 13.9. The lowest BCUT2D eigenvalue weighted by Crippen LogP contribution is -2.47. The van der Waals surface area contributed by atoms with Gasteiger partial charge < -0.3 is 31.2 Å². The van der Waals surface area contributed by atoms with Crippen molar-refractivity contribution in [3.05, 3.63) is 59.7 Å². The summed E-state index contributed by atoms with van der Waals surface area (Å²) < 4.78 is 0. The Kier molecular flexibility index (Phi) is 14.3. The van der Waals surface area contributed by atoms with Crippen LogP contribution >= 0.6 is 12.4 Å². The molecule has 0 saturated carbocycles. The summed E-state index contributed by atoms with van der Waals surface area (Å²) in [6, 6.07) is 14.4. The van der Waals surface area contributed by atoms with Crippen LogP contribution in [0.3, 0.4) is 0 Å². The van der Waals surface area contributed by atoms with E-state index in [2.05, 4.69) is 35.4 Å². The van der Waals surface area contributed by atoms with E-state index in [-0.39, 0.29) is 48.0 Å². The van der Waals surface area contributed by atoms with E-state index < -0.39 is 17.9 Å². The van der Waals surface area contributed by atoms with E-state index in [0.717, 1.165) is 43.7 Å². The lowest BCUT2D eigenvalue weighted by Gasteiger charge is -2.45. The Morgan fingerprint density at radius 2 is 1.76 bits per heavy atom. The summed E-state index contributed by atoms with van der Waals surface area (Å²) in [5, 5.41) is 24.7. The van der Waals surface area contributed by atoms with Crippen molar-refractivity contribution in [2.75, 3.05) is 25.0 Å². The minimum atomic E-state index is -1.07. The van der Waals surface area contributed by atoms with E-state index in [1.165, 1.54) is 5.56 Å². The van der Waals surface area contributed by atoms with E-state index in [1.54, 1.807) is 6.07 Å². The standard InChI is InChI=1S/C31H43N3O5.ClH.H2O/c1-21(2)18-27(30(38)39)33-29(37)13-12-28(36)32-26-11-6-5-8-23(26)14-16-34-17-15-31(4,22(3)20-34)24-9-7-10-25(35)19-24;;/h5-11,19,21-22,27,35H,12-18,20H2,1-4H3,(H,32,36)(H,33,37)(H,38,39);1H;1H2. The highest BCUT2D eigenvalue weighted by atomic mass is 35.5. The van der Waals surface area contributed by atoms with Crippen LogP contribution in [0, 0.1) is 11.8 Å². The molecule has 1 saturated heterocycles. The maximum absolute atomic E-state index is 12.6.